The minimum absolute atomic E-state index is 0.00781. The number of amides is 1. The number of hydrogen-bond donors (Lipinski definition) is 3. The van der Waals surface area contributed by atoms with Crippen molar-refractivity contribution in [1.82, 2.24) is 10.3 Å². The summed E-state index contributed by atoms with van der Waals surface area (Å²) in [4.78, 5) is 15.2. The monoisotopic (exact) mass is 433 g/mol. The highest BCUT2D eigenvalue weighted by molar-refractivity contribution is 7.91. The maximum absolute atomic E-state index is 12.6. The Balaban J connectivity index is 2.19. The first kappa shape index (κ1) is 22.4. The summed E-state index contributed by atoms with van der Waals surface area (Å²) in [5.41, 5.74) is 5.41. The molecule has 0 saturated carbocycles. The molecule has 2 aromatic rings. The summed E-state index contributed by atoms with van der Waals surface area (Å²) in [6, 6.07) is 4.69. The van der Waals surface area contributed by atoms with Gasteiger partial charge in [0.25, 0.3) is 5.91 Å². The van der Waals surface area contributed by atoms with E-state index in [-0.39, 0.29) is 34.3 Å². The Morgan fingerprint density at radius 1 is 1.17 bits per heavy atom. The Morgan fingerprint density at radius 2 is 1.83 bits per heavy atom. The van der Waals surface area contributed by atoms with Crippen molar-refractivity contribution < 1.29 is 36.2 Å². The van der Waals surface area contributed by atoms with Gasteiger partial charge in [-0.15, -0.1) is 13.2 Å². The van der Waals surface area contributed by atoms with Crippen molar-refractivity contribution in [2.24, 2.45) is 0 Å². The van der Waals surface area contributed by atoms with Crippen molar-refractivity contribution in [1.29, 1.82) is 0 Å². The van der Waals surface area contributed by atoms with Gasteiger partial charge < -0.3 is 20.9 Å². The van der Waals surface area contributed by atoms with E-state index in [4.69, 9.17) is 10.8 Å². The number of rotatable bonds is 8. The zero-order chi connectivity index (χ0) is 21.7. The molecule has 0 aliphatic rings. The fourth-order valence-electron chi connectivity index (χ4n) is 2.28. The Labute approximate surface area is 164 Å². The van der Waals surface area contributed by atoms with Crippen LogP contribution >= 0.6 is 0 Å². The quantitative estimate of drug-likeness (QED) is 0.542. The molecule has 158 valence electrons. The molecule has 4 N–H and O–H groups in total. The molecule has 0 aliphatic carbocycles. The van der Waals surface area contributed by atoms with Crippen LogP contribution in [0.15, 0.2) is 46.3 Å². The van der Waals surface area contributed by atoms with Gasteiger partial charge in [-0.25, -0.2) is 13.4 Å². The molecule has 0 unspecified atom stereocenters. The molecule has 8 nitrogen and oxygen atoms in total. The Hall–Kier alpha value is -2.86. The van der Waals surface area contributed by atoms with Crippen molar-refractivity contribution in [3.63, 3.8) is 0 Å². The second-order valence-electron chi connectivity index (χ2n) is 5.82. The predicted octanol–water partition coefficient (Wildman–Crippen LogP) is 1.90. The number of nitrogens with two attached hydrogens (primary N) is 1. The number of sulfone groups is 1. The second kappa shape index (κ2) is 9.09. The largest absolute Gasteiger partial charge is 0.573 e. The molecule has 12 heteroatoms. The normalized spacial score (nSPS) is 11.9. The van der Waals surface area contributed by atoms with Crippen LogP contribution in [0, 0.1) is 0 Å². The number of unbranched alkanes of at least 4 members (excludes halogenated alkanes) is 1. The molecule has 0 aliphatic heterocycles. The number of nitrogens with zero attached hydrogens (tertiary/aromatic N) is 1. The predicted molar refractivity (Wildman–Crippen MR) is 95.9 cm³/mol. The molecule has 0 spiro atoms. The van der Waals surface area contributed by atoms with Gasteiger partial charge in [-0.3, -0.25) is 4.79 Å². The molecule has 29 heavy (non-hydrogen) atoms. The number of aliphatic hydroxyl groups is 1. The summed E-state index contributed by atoms with van der Waals surface area (Å²) in [5, 5.41) is 11.2. The standard InChI is InChI=1S/C17H18F3N3O5S/c18-17(19,20)28-11-3-5-12(6-4-11)29(26,27)13-9-14(21)15(23-10-13)16(25)22-7-1-2-8-24/h3-6,9-10,24H,1-2,7-8,21H2,(H,22,25). The molecule has 1 heterocycles. The zero-order valence-corrected chi connectivity index (χ0v) is 15.8. The Morgan fingerprint density at radius 3 is 2.38 bits per heavy atom. The second-order valence-corrected chi connectivity index (χ2v) is 7.77. The highest BCUT2D eigenvalue weighted by Gasteiger charge is 2.31. The highest BCUT2D eigenvalue weighted by Crippen LogP contribution is 2.27. The summed E-state index contributed by atoms with van der Waals surface area (Å²) in [6.07, 6.45) is -2.91. The number of carbonyl (C=O) groups excluding carboxylic acids is 1. The Kier molecular flexibility index (Phi) is 7.03. The molecule has 1 aromatic carbocycles. The van der Waals surface area contributed by atoms with E-state index in [1.807, 2.05) is 0 Å². The molecular weight excluding hydrogens is 415 g/mol. The van der Waals surface area contributed by atoms with E-state index in [1.165, 1.54) is 0 Å². The summed E-state index contributed by atoms with van der Waals surface area (Å²) in [7, 11) is -4.13. The van der Waals surface area contributed by atoms with E-state index in [9.17, 15) is 26.4 Å². The first-order chi connectivity index (χ1) is 13.5. The average molecular weight is 433 g/mol. The molecular formula is C17H18F3N3O5S. The number of halogens is 3. The lowest BCUT2D eigenvalue weighted by atomic mass is 10.2. The number of aromatic nitrogens is 1. The molecule has 0 saturated heterocycles. The van der Waals surface area contributed by atoms with Crippen LogP contribution in [0.25, 0.3) is 0 Å². The summed E-state index contributed by atoms with van der Waals surface area (Å²) in [5.74, 6) is -1.17. The van der Waals surface area contributed by atoms with Crippen LogP contribution in [-0.4, -0.2) is 43.9 Å². The zero-order valence-electron chi connectivity index (χ0n) is 14.9. The van der Waals surface area contributed by atoms with Crippen molar-refractivity contribution in [3.05, 3.63) is 42.2 Å². The minimum Gasteiger partial charge on any atom is -0.406 e. The number of aliphatic hydroxyl groups excluding tert-OH is 1. The van der Waals surface area contributed by atoms with Crippen molar-refractivity contribution in [3.8, 4) is 5.75 Å². The van der Waals surface area contributed by atoms with E-state index in [0.29, 0.717) is 12.8 Å². The molecule has 1 amide bonds. The first-order valence-corrected chi connectivity index (χ1v) is 9.78. The van der Waals surface area contributed by atoms with Crippen LogP contribution in [0.1, 0.15) is 23.3 Å². The summed E-state index contributed by atoms with van der Waals surface area (Å²) >= 11 is 0. The van der Waals surface area contributed by atoms with Gasteiger partial charge in [0.1, 0.15) is 5.75 Å². The average Bonchev–Trinajstić information content (AvgIpc) is 2.64. The van der Waals surface area contributed by atoms with Gasteiger partial charge in [0.2, 0.25) is 9.84 Å². The van der Waals surface area contributed by atoms with Crippen molar-refractivity contribution >= 4 is 21.4 Å². The first-order valence-electron chi connectivity index (χ1n) is 8.30. The van der Waals surface area contributed by atoms with Gasteiger partial charge in [0, 0.05) is 19.3 Å². The number of nitrogen functional groups attached to an aromatic ring is 1. The van der Waals surface area contributed by atoms with Crippen LogP contribution in [0.4, 0.5) is 18.9 Å². The molecule has 0 radical (unpaired) electrons. The topological polar surface area (TPSA) is 132 Å². The van der Waals surface area contributed by atoms with Crippen molar-refractivity contribution in [2.75, 3.05) is 18.9 Å². The van der Waals surface area contributed by atoms with E-state index in [2.05, 4.69) is 15.0 Å². The molecule has 1 aromatic heterocycles. The number of benzene rings is 1. The highest BCUT2D eigenvalue weighted by atomic mass is 32.2. The van der Waals surface area contributed by atoms with E-state index in [0.717, 1.165) is 36.5 Å². The van der Waals surface area contributed by atoms with Gasteiger partial charge in [-0.05, 0) is 43.2 Å². The third-order valence-electron chi connectivity index (χ3n) is 3.66. The SMILES string of the molecule is Nc1cc(S(=O)(=O)c2ccc(OC(F)(F)F)cc2)cnc1C(=O)NCCCCO. The minimum atomic E-state index is -4.90. The van der Waals surface area contributed by atoms with Gasteiger partial charge in [0.15, 0.2) is 5.69 Å². The molecule has 0 bridgehead atoms. The van der Waals surface area contributed by atoms with Gasteiger partial charge in [-0.2, -0.15) is 0 Å². The third-order valence-corrected chi connectivity index (χ3v) is 5.39. The molecule has 2 rings (SSSR count). The number of pyridine rings is 1. The fourth-order valence-corrected chi connectivity index (χ4v) is 3.52. The lowest BCUT2D eigenvalue weighted by Crippen LogP contribution is -2.26. The third kappa shape index (κ3) is 6.06. The number of hydrogen-bond acceptors (Lipinski definition) is 7. The van der Waals surface area contributed by atoms with Gasteiger partial charge >= 0.3 is 6.36 Å². The van der Waals surface area contributed by atoms with Crippen LogP contribution < -0.4 is 15.8 Å². The summed E-state index contributed by atoms with van der Waals surface area (Å²) < 4.78 is 65.5. The van der Waals surface area contributed by atoms with Gasteiger partial charge in [-0.1, -0.05) is 0 Å². The van der Waals surface area contributed by atoms with E-state index in [1.54, 1.807) is 0 Å². The van der Waals surface area contributed by atoms with E-state index >= 15 is 0 Å². The lowest BCUT2D eigenvalue weighted by molar-refractivity contribution is -0.274. The molecule has 0 atom stereocenters. The van der Waals surface area contributed by atoms with Crippen LogP contribution in [-0.2, 0) is 9.84 Å². The number of ether oxygens (including phenoxy) is 1. The lowest BCUT2D eigenvalue weighted by Gasteiger charge is -2.11. The smallest absolute Gasteiger partial charge is 0.406 e. The van der Waals surface area contributed by atoms with Crippen LogP contribution in [0.3, 0.4) is 0 Å². The number of carbonyl (C=O) groups is 1. The van der Waals surface area contributed by atoms with E-state index < -0.39 is 27.9 Å². The maximum atomic E-state index is 12.6. The van der Waals surface area contributed by atoms with Gasteiger partial charge in [0.05, 0.1) is 15.5 Å². The van der Waals surface area contributed by atoms with Crippen molar-refractivity contribution in [2.45, 2.75) is 29.0 Å². The Bertz CT molecular complexity index is 963. The number of alkyl halides is 3. The number of nitrogens with one attached hydrogen (secondary N) is 1. The number of anilines is 1. The maximum Gasteiger partial charge on any atom is 0.573 e. The van der Waals surface area contributed by atoms with Crippen LogP contribution in [0.2, 0.25) is 0 Å². The summed E-state index contributed by atoms with van der Waals surface area (Å²) in [6.45, 7) is 0.277. The fraction of sp³-hybridized carbons (Fsp3) is 0.294. The molecule has 0 fully saturated rings. The van der Waals surface area contributed by atoms with Crippen LogP contribution in [0.5, 0.6) is 5.75 Å².